The quantitative estimate of drug-likeness (QED) is 0.791. The van der Waals surface area contributed by atoms with Gasteiger partial charge in [-0.05, 0) is 44.2 Å². The van der Waals surface area contributed by atoms with Crippen LogP contribution >= 0.6 is 0 Å². The first-order chi connectivity index (χ1) is 8.99. The monoisotopic (exact) mass is 263 g/mol. The van der Waals surface area contributed by atoms with Crippen molar-refractivity contribution in [1.29, 1.82) is 0 Å². The zero-order valence-electron chi connectivity index (χ0n) is 11.9. The van der Waals surface area contributed by atoms with Gasteiger partial charge in [-0.15, -0.1) is 0 Å². The molecule has 104 valence electrons. The minimum Gasteiger partial charge on any atom is -0.336 e. The molecule has 0 radical (unpaired) electrons. The van der Waals surface area contributed by atoms with Gasteiger partial charge in [0.25, 0.3) is 5.91 Å². The molecule has 1 amide bonds. The van der Waals surface area contributed by atoms with E-state index in [0.717, 1.165) is 31.4 Å². The Kier molecular flexibility index (Phi) is 4.23. The van der Waals surface area contributed by atoms with Gasteiger partial charge in [0, 0.05) is 12.6 Å². The number of amides is 1. The lowest BCUT2D eigenvalue weighted by atomic mass is 10.1. The first kappa shape index (κ1) is 14.0. The number of nitrogens with zero attached hydrogens (tertiary/aromatic N) is 1. The summed E-state index contributed by atoms with van der Waals surface area (Å²) in [4.78, 5) is 14.4. The van der Waals surface area contributed by atoms with E-state index in [4.69, 9.17) is 0 Å². The standard InChI is InChI=1S/C16H22FNO/c1-11(2)8-9-18(13-5-6-13)16(19)14-10-12(3)4-7-15(14)17/h4,7,10-11,13H,5-6,8-9H2,1-3H3. The zero-order chi connectivity index (χ0) is 14.0. The number of hydrogen-bond donors (Lipinski definition) is 0. The average Bonchev–Trinajstić information content (AvgIpc) is 3.16. The normalized spacial score (nSPS) is 14.8. The predicted octanol–water partition coefficient (Wildman–Crippen LogP) is 3.78. The largest absolute Gasteiger partial charge is 0.336 e. The fraction of sp³-hybridized carbons (Fsp3) is 0.562. The van der Waals surface area contributed by atoms with E-state index in [1.165, 1.54) is 6.07 Å². The Morgan fingerprint density at radius 3 is 2.68 bits per heavy atom. The van der Waals surface area contributed by atoms with Crippen molar-refractivity contribution in [3.05, 3.63) is 35.1 Å². The molecule has 19 heavy (non-hydrogen) atoms. The van der Waals surface area contributed by atoms with E-state index in [1.54, 1.807) is 12.1 Å². The maximum atomic E-state index is 13.8. The Hall–Kier alpha value is -1.38. The molecular formula is C16H22FNO. The molecular weight excluding hydrogens is 241 g/mol. The smallest absolute Gasteiger partial charge is 0.257 e. The third-order valence-electron chi connectivity index (χ3n) is 3.55. The highest BCUT2D eigenvalue weighted by Crippen LogP contribution is 2.29. The van der Waals surface area contributed by atoms with Gasteiger partial charge in [0.15, 0.2) is 0 Å². The fourth-order valence-electron chi connectivity index (χ4n) is 2.19. The number of hydrogen-bond acceptors (Lipinski definition) is 1. The second kappa shape index (κ2) is 5.72. The Morgan fingerprint density at radius 1 is 1.42 bits per heavy atom. The molecule has 3 heteroatoms. The van der Waals surface area contributed by atoms with Crippen molar-refractivity contribution in [3.8, 4) is 0 Å². The third-order valence-corrected chi connectivity index (χ3v) is 3.55. The number of carbonyl (C=O) groups is 1. The summed E-state index contributed by atoms with van der Waals surface area (Å²) in [6.45, 7) is 6.89. The van der Waals surface area contributed by atoms with Crippen molar-refractivity contribution in [2.24, 2.45) is 5.92 Å². The van der Waals surface area contributed by atoms with Gasteiger partial charge >= 0.3 is 0 Å². The first-order valence-corrected chi connectivity index (χ1v) is 7.06. The van der Waals surface area contributed by atoms with Crippen LogP contribution in [0.25, 0.3) is 0 Å². The van der Waals surface area contributed by atoms with Crippen LogP contribution in [0.3, 0.4) is 0 Å². The van der Waals surface area contributed by atoms with Crippen LogP contribution in [0.1, 0.15) is 49.0 Å². The van der Waals surface area contributed by atoms with E-state index in [9.17, 15) is 9.18 Å². The van der Waals surface area contributed by atoms with Crippen LogP contribution in [-0.4, -0.2) is 23.4 Å². The Morgan fingerprint density at radius 2 is 2.11 bits per heavy atom. The van der Waals surface area contributed by atoms with Crippen LogP contribution < -0.4 is 0 Å². The molecule has 2 rings (SSSR count). The van der Waals surface area contributed by atoms with Gasteiger partial charge in [-0.1, -0.05) is 25.5 Å². The predicted molar refractivity (Wildman–Crippen MR) is 74.7 cm³/mol. The van der Waals surface area contributed by atoms with Crippen molar-refractivity contribution in [1.82, 2.24) is 4.90 Å². The summed E-state index contributed by atoms with van der Waals surface area (Å²) in [5, 5.41) is 0. The lowest BCUT2D eigenvalue weighted by molar-refractivity contribution is 0.0730. The van der Waals surface area contributed by atoms with E-state index >= 15 is 0 Å². The fourth-order valence-corrected chi connectivity index (χ4v) is 2.19. The zero-order valence-corrected chi connectivity index (χ0v) is 11.9. The van der Waals surface area contributed by atoms with Gasteiger partial charge in [0.05, 0.1) is 5.56 Å². The molecule has 2 nitrogen and oxygen atoms in total. The molecule has 0 atom stereocenters. The van der Waals surface area contributed by atoms with Crippen LogP contribution in [-0.2, 0) is 0 Å². The highest BCUT2D eigenvalue weighted by Gasteiger charge is 2.33. The minimum atomic E-state index is -0.411. The van der Waals surface area contributed by atoms with Gasteiger partial charge in [0.2, 0.25) is 0 Å². The molecule has 0 unspecified atom stereocenters. The maximum absolute atomic E-state index is 13.8. The van der Waals surface area contributed by atoms with E-state index in [1.807, 2.05) is 11.8 Å². The van der Waals surface area contributed by atoms with Crippen LogP contribution in [0.4, 0.5) is 4.39 Å². The summed E-state index contributed by atoms with van der Waals surface area (Å²) in [6, 6.07) is 5.06. The van der Waals surface area contributed by atoms with Crippen molar-refractivity contribution >= 4 is 5.91 Å². The molecule has 1 fully saturated rings. The second-order valence-corrected chi connectivity index (χ2v) is 5.90. The molecule has 1 saturated carbocycles. The van der Waals surface area contributed by atoms with Gasteiger partial charge in [0.1, 0.15) is 5.82 Å². The van der Waals surface area contributed by atoms with Crippen molar-refractivity contribution < 1.29 is 9.18 Å². The molecule has 0 saturated heterocycles. The second-order valence-electron chi connectivity index (χ2n) is 5.90. The Labute approximate surface area is 114 Å². The highest BCUT2D eigenvalue weighted by atomic mass is 19.1. The van der Waals surface area contributed by atoms with Crippen LogP contribution in [0.2, 0.25) is 0 Å². The minimum absolute atomic E-state index is 0.149. The van der Waals surface area contributed by atoms with Gasteiger partial charge < -0.3 is 4.90 Å². The topological polar surface area (TPSA) is 20.3 Å². The van der Waals surface area contributed by atoms with Gasteiger partial charge in [-0.3, -0.25) is 4.79 Å². The Balaban J connectivity index is 2.16. The molecule has 0 aliphatic heterocycles. The van der Waals surface area contributed by atoms with Crippen LogP contribution in [0.5, 0.6) is 0 Å². The lowest BCUT2D eigenvalue weighted by Crippen LogP contribution is -2.35. The summed E-state index contributed by atoms with van der Waals surface area (Å²) in [7, 11) is 0. The van der Waals surface area contributed by atoms with Crippen molar-refractivity contribution in [3.63, 3.8) is 0 Å². The SMILES string of the molecule is Cc1ccc(F)c(C(=O)N(CCC(C)C)C2CC2)c1. The van der Waals surface area contributed by atoms with Gasteiger partial charge in [-0.25, -0.2) is 4.39 Å². The molecule has 0 bridgehead atoms. The molecule has 1 aliphatic rings. The van der Waals surface area contributed by atoms with Crippen LogP contribution in [0, 0.1) is 18.7 Å². The first-order valence-electron chi connectivity index (χ1n) is 7.06. The number of halogens is 1. The van der Waals surface area contributed by atoms with E-state index in [0.29, 0.717) is 12.0 Å². The molecule has 0 aromatic heterocycles. The summed E-state index contributed by atoms with van der Waals surface area (Å²) in [6.07, 6.45) is 3.07. The molecule has 0 spiro atoms. The molecule has 0 heterocycles. The highest BCUT2D eigenvalue weighted by molar-refractivity contribution is 5.95. The van der Waals surface area contributed by atoms with Gasteiger partial charge in [-0.2, -0.15) is 0 Å². The summed E-state index contributed by atoms with van der Waals surface area (Å²) in [5.74, 6) is -0.00782. The number of benzene rings is 1. The molecule has 0 N–H and O–H groups in total. The van der Waals surface area contributed by atoms with E-state index in [2.05, 4.69) is 13.8 Å². The number of rotatable bonds is 5. The molecule has 1 aromatic carbocycles. The number of aryl methyl sites for hydroxylation is 1. The summed E-state index contributed by atoms with van der Waals surface area (Å²) < 4.78 is 13.8. The summed E-state index contributed by atoms with van der Waals surface area (Å²) >= 11 is 0. The molecule has 1 aromatic rings. The Bertz CT molecular complexity index is 466. The lowest BCUT2D eigenvalue weighted by Gasteiger charge is -2.23. The third kappa shape index (κ3) is 3.55. The number of carbonyl (C=O) groups excluding carboxylic acids is 1. The van der Waals surface area contributed by atoms with Crippen LogP contribution in [0.15, 0.2) is 18.2 Å². The van der Waals surface area contributed by atoms with Crippen molar-refractivity contribution in [2.75, 3.05) is 6.54 Å². The molecule has 1 aliphatic carbocycles. The van der Waals surface area contributed by atoms with Crippen molar-refractivity contribution in [2.45, 2.75) is 46.1 Å². The summed E-state index contributed by atoms with van der Waals surface area (Å²) in [5.41, 5.74) is 1.14. The van der Waals surface area contributed by atoms with E-state index < -0.39 is 5.82 Å². The van der Waals surface area contributed by atoms with E-state index in [-0.39, 0.29) is 11.5 Å². The average molecular weight is 263 g/mol. The maximum Gasteiger partial charge on any atom is 0.257 e.